The number of amides is 3. The second-order valence-electron chi connectivity index (χ2n) is 9.53. The average Bonchev–Trinajstić information content (AvgIpc) is 2.84. The fourth-order valence-electron chi connectivity index (χ4n) is 3.14. The van der Waals surface area contributed by atoms with Crippen LogP contribution < -0.4 is 25.8 Å². The number of nitrogens with zero attached hydrogens (tertiary/aromatic N) is 1. The number of nitrogens with one attached hydrogen (secondary N) is 2. The maximum atomic E-state index is 12.4. The van der Waals surface area contributed by atoms with E-state index in [0.717, 1.165) is 24.8 Å². The Bertz CT molecular complexity index is 870. The van der Waals surface area contributed by atoms with Gasteiger partial charge < -0.3 is 30.7 Å². The van der Waals surface area contributed by atoms with E-state index in [-0.39, 0.29) is 36.6 Å². The Labute approximate surface area is 215 Å². The van der Waals surface area contributed by atoms with Gasteiger partial charge >= 0.3 is 6.09 Å². The van der Waals surface area contributed by atoms with E-state index in [1.165, 1.54) is 12.0 Å². The fourth-order valence-corrected chi connectivity index (χ4v) is 3.14. The van der Waals surface area contributed by atoms with Crippen molar-refractivity contribution in [1.29, 1.82) is 0 Å². The third kappa shape index (κ3) is 12.1. The number of carbonyl (C=O) groups is 3. The lowest BCUT2D eigenvalue weighted by Crippen LogP contribution is -2.46. The molecule has 0 fully saturated rings. The van der Waals surface area contributed by atoms with Crippen molar-refractivity contribution in [3.63, 3.8) is 0 Å². The van der Waals surface area contributed by atoms with Gasteiger partial charge in [0.2, 0.25) is 11.8 Å². The molecule has 0 bridgehead atoms. The zero-order valence-electron chi connectivity index (χ0n) is 22.6. The van der Waals surface area contributed by atoms with E-state index < -0.39 is 12.1 Å². The van der Waals surface area contributed by atoms with Crippen LogP contribution in [0.5, 0.6) is 11.5 Å². The summed E-state index contributed by atoms with van der Waals surface area (Å²) in [4.78, 5) is 37.9. The monoisotopic (exact) mass is 504 g/mol. The Balaban J connectivity index is 2.48. The molecule has 1 atom stereocenters. The van der Waals surface area contributed by atoms with E-state index in [2.05, 4.69) is 36.6 Å². The van der Waals surface area contributed by atoms with Gasteiger partial charge in [0.15, 0.2) is 11.5 Å². The predicted molar refractivity (Wildman–Crippen MR) is 142 cm³/mol. The Morgan fingerprint density at radius 1 is 1.08 bits per heavy atom. The van der Waals surface area contributed by atoms with Crippen molar-refractivity contribution in [2.45, 2.75) is 66.0 Å². The highest BCUT2D eigenvalue weighted by Crippen LogP contribution is 2.28. The molecular formula is C27H44N4O5. The van der Waals surface area contributed by atoms with Gasteiger partial charge in [-0.25, -0.2) is 4.79 Å². The van der Waals surface area contributed by atoms with Crippen LogP contribution in [-0.4, -0.2) is 56.1 Å². The molecule has 202 valence electrons. The number of nitrogens with two attached hydrogens (primary N) is 1. The molecule has 3 amide bonds. The van der Waals surface area contributed by atoms with Crippen molar-refractivity contribution in [1.82, 2.24) is 15.5 Å². The molecule has 36 heavy (non-hydrogen) atoms. The summed E-state index contributed by atoms with van der Waals surface area (Å²) in [5.41, 5.74) is 6.64. The minimum absolute atomic E-state index is 0.000349. The molecule has 0 saturated carbocycles. The predicted octanol–water partition coefficient (Wildman–Crippen LogP) is 3.61. The highest BCUT2D eigenvalue weighted by Gasteiger charge is 2.18. The number of benzene rings is 1. The first kappa shape index (κ1) is 31.0. The van der Waals surface area contributed by atoms with E-state index >= 15 is 0 Å². The van der Waals surface area contributed by atoms with Crippen LogP contribution in [0.4, 0.5) is 4.79 Å². The van der Waals surface area contributed by atoms with Gasteiger partial charge in [-0.05, 0) is 48.8 Å². The number of likely N-dealkylation sites (N-methyl/N-ethyl adjacent to an activating group) is 1. The molecule has 0 heterocycles. The summed E-state index contributed by atoms with van der Waals surface area (Å²) in [6.45, 7) is 8.90. The number of carbonyl (C=O) groups excluding carboxylic acids is 3. The van der Waals surface area contributed by atoms with E-state index in [1.54, 1.807) is 25.2 Å². The lowest BCUT2D eigenvalue weighted by atomic mass is 10.1. The van der Waals surface area contributed by atoms with Gasteiger partial charge in [0.1, 0.15) is 0 Å². The summed E-state index contributed by atoms with van der Waals surface area (Å²) in [7, 11) is 3.06. The molecule has 0 spiro atoms. The van der Waals surface area contributed by atoms with Crippen LogP contribution >= 0.6 is 0 Å². The van der Waals surface area contributed by atoms with Gasteiger partial charge in [0.05, 0.1) is 13.2 Å². The molecule has 0 unspecified atom stereocenters. The van der Waals surface area contributed by atoms with Gasteiger partial charge in [-0.1, -0.05) is 45.9 Å². The fraction of sp³-hybridized carbons (Fsp3) is 0.593. The summed E-state index contributed by atoms with van der Waals surface area (Å²) in [5.74, 6) is 0.977. The standard InChI is InChI=1S/C27H44N4O5/c1-19(2)11-9-7-8-10-12-24(32)30-18-21-13-14-22(23(17-21)35-6)36-27(34)31(5)16-15-29-26(33)25(28)20(3)4/h9,11,13-14,17,19-20,25H,7-8,10,12,15-16,18,28H2,1-6H3,(H,29,33)(H,30,32)/b11-9+/t25-/m0/s1. The maximum Gasteiger partial charge on any atom is 0.415 e. The molecule has 0 saturated heterocycles. The smallest absolute Gasteiger partial charge is 0.415 e. The van der Waals surface area contributed by atoms with Crippen molar-refractivity contribution in [2.24, 2.45) is 17.6 Å². The first-order valence-electron chi connectivity index (χ1n) is 12.6. The zero-order valence-corrected chi connectivity index (χ0v) is 22.6. The normalized spacial score (nSPS) is 12.0. The zero-order chi connectivity index (χ0) is 27.1. The van der Waals surface area contributed by atoms with Crippen molar-refractivity contribution < 1.29 is 23.9 Å². The van der Waals surface area contributed by atoms with E-state index in [4.69, 9.17) is 15.2 Å². The van der Waals surface area contributed by atoms with Gasteiger partial charge in [0, 0.05) is 33.1 Å². The largest absolute Gasteiger partial charge is 0.493 e. The number of hydrogen-bond donors (Lipinski definition) is 3. The lowest BCUT2D eigenvalue weighted by Gasteiger charge is -2.20. The number of allylic oxidation sites excluding steroid dienone is 2. The Morgan fingerprint density at radius 2 is 1.81 bits per heavy atom. The van der Waals surface area contributed by atoms with Crippen molar-refractivity contribution >= 4 is 17.9 Å². The van der Waals surface area contributed by atoms with Gasteiger partial charge in [-0.2, -0.15) is 0 Å². The molecule has 9 nitrogen and oxygen atoms in total. The summed E-state index contributed by atoms with van der Waals surface area (Å²) in [6.07, 6.45) is 7.06. The maximum absolute atomic E-state index is 12.4. The van der Waals surface area contributed by atoms with Gasteiger partial charge in [-0.15, -0.1) is 0 Å². The van der Waals surface area contributed by atoms with Gasteiger partial charge in [-0.3, -0.25) is 9.59 Å². The summed E-state index contributed by atoms with van der Waals surface area (Å²) in [5, 5.41) is 5.63. The molecule has 0 aliphatic rings. The molecule has 0 aliphatic heterocycles. The van der Waals surface area contributed by atoms with E-state index in [1.807, 2.05) is 13.8 Å². The Hall–Kier alpha value is -3.07. The molecule has 0 radical (unpaired) electrons. The molecule has 0 aliphatic carbocycles. The van der Waals surface area contributed by atoms with Gasteiger partial charge in [0.25, 0.3) is 0 Å². The Kier molecular flexibility index (Phi) is 14.3. The second-order valence-corrected chi connectivity index (χ2v) is 9.53. The van der Waals surface area contributed by atoms with Crippen LogP contribution in [0.25, 0.3) is 0 Å². The third-order valence-corrected chi connectivity index (χ3v) is 5.54. The van der Waals surface area contributed by atoms with Crippen LogP contribution in [0.2, 0.25) is 0 Å². The first-order chi connectivity index (χ1) is 17.0. The summed E-state index contributed by atoms with van der Waals surface area (Å²) >= 11 is 0. The van der Waals surface area contributed by atoms with E-state index in [9.17, 15) is 14.4 Å². The van der Waals surface area contributed by atoms with E-state index in [0.29, 0.717) is 24.6 Å². The minimum Gasteiger partial charge on any atom is -0.493 e. The average molecular weight is 505 g/mol. The highest BCUT2D eigenvalue weighted by atomic mass is 16.6. The number of unbranched alkanes of at least 4 members (excludes halogenated alkanes) is 2. The van der Waals surface area contributed by atoms with Crippen molar-refractivity contribution in [3.05, 3.63) is 35.9 Å². The first-order valence-corrected chi connectivity index (χ1v) is 12.6. The molecule has 9 heteroatoms. The Morgan fingerprint density at radius 3 is 2.44 bits per heavy atom. The summed E-state index contributed by atoms with van der Waals surface area (Å²) in [6, 6.07) is 4.55. The van der Waals surface area contributed by atoms with Crippen LogP contribution in [0.15, 0.2) is 30.4 Å². The molecule has 1 aromatic rings. The van der Waals surface area contributed by atoms with Crippen molar-refractivity contribution in [3.8, 4) is 11.5 Å². The topological polar surface area (TPSA) is 123 Å². The number of rotatable bonds is 15. The van der Waals surface area contributed by atoms with Crippen molar-refractivity contribution in [2.75, 3.05) is 27.2 Å². The molecular weight excluding hydrogens is 460 g/mol. The highest BCUT2D eigenvalue weighted by molar-refractivity contribution is 5.81. The SMILES string of the molecule is COc1cc(CNC(=O)CCCC/C=C/C(C)C)ccc1OC(=O)N(C)CCNC(=O)[C@@H](N)C(C)C. The number of hydrogen-bond acceptors (Lipinski definition) is 6. The minimum atomic E-state index is -0.591. The lowest BCUT2D eigenvalue weighted by molar-refractivity contribution is -0.123. The molecule has 1 rings (SSSR count). The second kappa shape index (κ2) is 16.6. The van der Waals surface area contributed by atoms with Crippen LogP contribution in [0.3, 0.4) is 0 Å². The van der Waals surface area contributed by atoms with Crippen LogP contribution in [0.1, 0.15) is 58.9 Å². The third-order valence-electron chi connectivity index (χ3n) is 5.54. The number of ether oxygens (including phenoxy) is 2. The molecule has 1 aromatic carbocycles. The molecule has 0 aromatic heterocycles. The summed E-state index contributed by atoms with van der Waals surface area (Å²) < 4.78 is 10.8. The van der Waals surface area contributed by atoms with Crippen LogP contribution in [0, 0.1) is 11.8 Å². The molecule has 4 N–H and O–H groups in total. The number of methoxy groups -OCH3 is 1. The van der Waals surface area contributed by atoms with Crippen LogP contribution in [-0.2, 0) is 16.1 Å². The quantitative estimate of drug-likeness (QED) is 0.248.